The number of fused-ring (bicyclic) bond motifs is 5. The minimum absolute atomic E-state index is 0.395. The van der Waals surface area contributed by atoms with E-state index in [1.165, 1.54) is 70.6 Å². The van der Waals surface area contributed by atoms with Gasteiger partial charge in [-0.25, -0.2) is 0 Å². The smallest absolute Gasteiger partial charge is 0.104 e. The van der Waals surface area contributed by atoms with E-state index in [1.54, 1.807) is 5.57 Å². The van der Waals surface area contributed by atoms with Crippen molar-refractivity contribution in [3.63, 3.8) is 0 Å². The van der Waals surface area contributed by atoms with Crippen LogP contribution in [0, 0.1) is 46.3 Å². The van der Waals surface area contributed by atoms with Gasteiger partial charge in [0.05, 0.1) is 19.3 Å². The maximum atomic E-state index is 6.24. The van der Waals surface area contributed by atoms with Crippen molar-refractivity contribution < 1.29 is 9.47 Å². The molecule has 0 aromatic heterocycles. The zero-order valence-electron chi connectivity index (χ0n) is 21.7. The summed E-state index contributed by atoms with van der Waals surface area (Å²) in [7, 11) is 0. The van der Waals surface area contributed by atoms with E-state index in [1.807, 2.05) is 0 Å². The van der Waals surface area contributed by atoms with Gasteiger partial charge in [-0.3, -0.25) is 0 Å². The minimum atomic E-state index is 0.395. The molecule has 1 aliphatic heterocycles. The Bertz CT molecular complexity index is 693. The fourth-order valence-corrected chi connectivity index (χ4v) is 9.20. The SMILES string of the molecule is CC(C)CCC[C@@H](C)[C@H]1CCC2C3CC=C4C[C@@H](OCC5CO5)CC[C@]4(C)C3CC[C@@]21C. The van der Waals surface area contributed by atoms with Crippen LogP contribution in [0.1, 0.15) is 105 Å². The molecule has 32 heavy (non-hydrogen) atoms. The molecule has 9 atom stereocenters. The van der Waals surface area contributed by atoms with E-state index in [0.717, 1.165) is 48.7 Å². The molecule has 5 rings (SSSR count). The van der Waals surface area contributed by atoms with E-state index in [-0.39, 0.29) is 0 Å². The zero-order chi connectivity index (χ0) is 22.5. The fraction of sp³-hybridized carbons (Fsp3) is 0.933. The normalized spacial score (nSPS) is 46.2. The number of ether oxygens (including phenoxy) is 2. The Labute approximate surface area is 198 Å². The van der Waals surface area contributed by atoms with Gasteiger partial charge in [0.25, 0.3) is 0 Å². The molecule has 0 aromatic rings. The maximum Gasteiger partial charge on any atom is 0.104 e. The minimum Gasteiger partial charge on any atom is -0.375 e. The van der Waals surface area contributed by atoms with Crippen LogP contribution < -0.4 is 0 Å². The maximum absolute atomic E-state index is 6.24. The number of rotatable bonds is 8. The molecular formula is C30H50O2. The highest BCUT2D eigenvalue weighted by atomic mass is 16.6. The Morgan fingerprint density at radius 3 is 2.59 bits per heavy atom. The van der Waals surface area contributed by atoms with Crippen molar-refractivity contribution in [1.29, 1.82) is 0 Å². The van der Waals surface area contributed by atoms with Crippen LogP contribution in [0.25, 0.3) is 0 Å². The molecule has 2 heteroatoms. The average molecular weight is 443 g/mol. The molecule has 182 valence electrons. The lowest BCUT2D eigenvalue weighted by atomic mass is 9.47. The van der Waals surface area contributed by atoms with Crippen LogP contribution in [0.5, 0.6) is 0 Å². The Morgan fingerprint density at radius 1 is 1.03 bits per heavy atom. The molecule has 0 radical (unpaired) electrons. The molecule has 0 bridgehead atoms. The molecule has 4 unspecified atom stereocenters. The van der Waals surface area contributed by atoms with E-state index < -0.39 is 0 Å². The van der Waals surface area contributed by atoms with Crippen molar-refractivity contribution in [2.75, 3.05) is 13.2 Å². The average Bonchev–Trinajstić information content (AvgIpc) is 3.51. The monoisotopic (exact) mass is 442 g/mol. The second-order valence-corrected chi connectivity index (χ2v) is 13.4. The standard InChI is InChI=1S/C30H50O2/c1-20(2)7-6-8-21(3)26-11-12-27-25-10-9-22-17-23(31-18-24-19-32-24)13-15-29(22,4)28(25)14-16-30(26,27)5/h9,20-21,23-28H,6-8,10-19H2,1-5H3/t21-,23+,24?,25?,26-,27?,28?,29+,30-/m1/s1. The van der Waals surface area contributed by atoms with Crippen LogP contribution in [0.4, 0.5) is 0 Å². The Balaban J connectivity index is 1.25. The quantitative estimate of drug-likeness (QED) is 0.282. The van der Waals surface area contributed by atoms with E-state index in [4.69, 9.17) is 9.47 Å². The summed E-state index contributed by atoms with van der Waals surface area (Å²) >= 11 is 0. The molecular weight excluding hydrogens is 392 g/mol. The van der Waals surface area contributed by atoms with Crippen LogP contribution in [0.15, 0.2) is 11.6 Å². The van der Waals surface area contributed by atoms with Gasteiger partial charge in [-0.1, -0.05) is 65.5 Å². The number of epoxide rings is 1. The first kappa shape index (κ1) is 23.4. The van der Waals surface area contributed by atoms with Crippen LogP contribution in [-0.2, 0) is 9.47 Å². The summed E-state index contributed by atoms with van der Waals surface area (Å²) in [6.07, 6.45) is 18.9. The topological polar surface area (TPSA) is 21.8 Å². The second kappa shape index (κ2) is 9.03. The molecule has 4 aliphatic carbocycles. The fourth-order valence-electron chi connectivity index (χ4n) is 9.20. The van der Waals surface area contributed by atoms with Gasteiger partial charge in [0.2, 0.25) is 0 Å². The van der Waals surface area contributed by atoms with Gasteiger partial charge in [-0.05, 0) is 97.7 Å². The van der Waals surface area contributed by atoms with Crippen molar-refractivity contribution in [2.45, 2.75) is 117 Å². The molecule has 3 saturated carbocycles. The van der Waals surface area contributed by atoms with E-state index in [0.29, 0.717) is 23.0 Å². The summed E-state index contributed by atoms with van der Waals surface area (Å²) in [6.45, 7) is 14.4. The summed E-state index contributed by atoms with van der Waals surface area (Å²) in [4.78, 5) is 0. The largest absolute Gasteiger partial charge is 0.375 e. The van der Waals surface area contributed by atoms with Gasteiger partial charge in [-0.2, -0.15) is 0 Å². The molecule has 5 aliphatic rings. The van der Waals surface area contributed by atoms with Gasteiger partial charge in [-0.15, -0.1) is 0 Å². The Morgan fingerprint density at radius 2 is 1.84 bits per heavy atom. The van der Waals surface area contributed by atoms with Crippen molar-refractivity contribution in [1.82, 2.24) is 0 Å². The molecule has 0 spiro atoms. The van der Waals surface area contributed by atoms with Crippen LogP contribution in [0.3, 0.4) is 0 Å². The first-order chi connectivity index (χ1) is 15.3. The third kappa shape index (κ3) is 4.26. The summed E-state index contributed by atoms with van der Waals surface area (Å²) in [6, 6.07) is 0. The zero-order valence-corrected chi connectivity index (χ0v) is 21.7. The molecule has 0 amide bonds. The predicted octanol–water partition coefficient (Wildman–Crippen LogP) is 7.81. The van der Waals surface area contributed by atoms with Crippen molar-refractivity contribution in [3.05, 3.63) is 11.6 Å². The molecule has 0 N–H and O–H groups in total. The van der Waals surface area contributed by atoms with Crippen molar-refractivity contribution >= 4 is 0 Å². The lowest BCUT2D eigenvalue weighted by Gasteiger charge is -2.58. The highest BCUT2D eigenvalue weighted by molar-refractivity contribution is 5.25. The first-order valence-electron chi connectivity index (χ1n) is 14.2. The van der Waals surface area contributed by atoms with Gasteiger partial charge < -0.3 is 9.47 Å². The van der Waals surface area contributed by atoms with Gasteiger partial charge in [0.1, 0.15) is 6.10 Å². The highest BCUT2D eigenvalue weighted by Gasteiger charge is 2.59. The second-order valence-electron chi connectivity index (χ2n) is 13.4. The van der Waals surface area contributed by atoms with Crippen LogP contribution in [-0.4, -0.2) is 25.4 Å². The molecule has 2 nitrogen and oxygen atoms in total. The van der Waals surface area contributed by atoms with Crippen molar-refractivity contribution in [2.24, 2.45) is 46.3 Å². The number of hydrogen-bond acceptors (Lipinski definition) is 2. The lowest BCUT2D eigenvalue weighted by molar-refractivity contribution is -0.0647. The summed E-state index contributed by atoms with van der Waals surface area (Å²) in [5, 5.41) is 0. The summed E-state index contributed by atoms with van der Waals surface area (Å²) in [5.41, 5.74) is 2.80. The summed E-state index contributed by atoms with van der Waals surface area (Å²) in [5.74, 6) is 5.56. The van der Waals surface area contributed by atoms with Crippen LogP contribution >= 0.6 is 0 Å². The van der Waals surface area contributed by atoms with E-state index in [9.17, 15) is 0 Å². The van der Waals surface area contributed by atoms with E-state index >= 15 is 0 Å². The first-order valence-corrected chi connectivity index (χ1v) is 14.2. The Kier molecular flexibility index (Phi) is 6.60. The van der Waals surface area contributed by atoms with E-state index in [2.05, 4.69) is 40.7 Å². The Hall–Kier alpha value is -0.340. The predicted molar refractivity (Wildman–Crippen MR) is 133 cm³/mol. The van der Waals surface area contributed by atoms with Gasteiger partial charge >= 0.3 is 0 Å². The number of hydrogen-bond donors (Lipinski definition) is 0. The van der Waals surface area contributed by atoms with Gasteiger partial charge in [0, 0.05) is 0 Å². The summed E-state index contributed by atoms with van der Waals surface area (Å²) < 4.78 is 11.6. The van der Waals surface area contributed by atoms with Crippen molar-refractivity contribution in [3.8, 4) is 0 Å². The lowest BCUT2D eigenvalue weighted by Crippen LogP contribution is -2.51. The number of allylic oxidation sites excluding steroid dienone is 1. The third-order valence-corrected chi connectivity index (χ3v) is 11.2. The molecule has 1 heterocycles. The van der Waals surface area contributed by atoms with Gasteiger partial charge in [0.15, 0.2) is 0 Å². The van der Waals surface area contributed by atoms with Crippen LogP contribution in [0.2, 0.25) is 0 Å². The highest BCUT2D eigenvalue weighted by Crippen LogP contribution is 2.67. The molecule has 0 aromatic carbocycles. The molecule has 4 fully saturated rings. The third-order valence-electron chi connectivity index (χ3n) is 11.2. The molecule has 1 saturated heterocycles.